The van der Waals surface area contributed by atoms with E-state index in [1.54, 1.807) is 0 Å². The fourth-order valence-electron chi connectivity index (χ4n) is 3.62. The molecule has 0 fully saturated rings. The van der Waals surface area contributed by atoms with Gasteiger partial charge in [-0.05, 0) is 19.8 Å². The van der Waals surface area contributed by atoms with Crippen LogP contribution < -0.4 is 0 Å². The maximum Gasteiger partial charge on any atom is 0.331 e. The summed E-state index contributed by atoms with van der Waals surface area (Å²) in [5.74, 6) is -0.948. The molecule has 4 nitrogen and oxygen atoms in total. The van der Waals surface area contributed by atoms with Crippen molar-refractivity contribution in [3.05, 3.63) is 12.2 Å². The van der Waals surface area contributed by atoms with Crippen molar-refractivity contribution in [3.63, 3.8) is 0 Å². The van der Waals surface area contributed by atoms with Crippen LogP contribution in [-0.4, -0.2) is 24.6 Å². The molecule has 0 aromatic heterocycles. The van der Waals surface area contributed by atoms with E-state index in [1.165, 1.54) is 89.5 Å². The highest BCUT2D eigenvalue weighted by Gasteiger charge is 2.07. The van der Waals surface area contributed by atoms with Crippen LogP contribution in [0, 0.1) is 0 Å². The Morgan fingerprint density at radius 1 is 0.613 bits per heavy atom. The van der Waals surface area contributed by atoms with Crippen LogP contribution in [0.1, 0.15) is 136 Å². The lowest BCUT2D eigenvalue weighted by Gasteiger charge is -2.10. The van der Waals surface area contributed by atoms with E-state index in [0.717, 1.165) is 38.2 Å². The fraction of sp³-hybridized carbons (Fsp3) is 0.852. The third-order valence-electron chi connectivity index (χ3n) is 5.63. The van der Waals surface area contributed by atoms with Crippen molar-refractivity contribution in [3.8, 4) is 0 Å². The minimum absolute atomic E-state index is 0.117. The molecule has 0 saturated carbocycles. The van der Waals surface area contributed by atoms with Gasteiger partial charge >= 0.3 is 11.9 Å². The topological polar surface area (TPSA) is 52.6 Å². The molecule has 31 heavy (non-hydrogen) atoms. The quantitative estimate of drug-likeness (QED) is 0.0973. The average Bonchev–Trinajstić information content (AvgIpc) is 2.76. The van der Waals surface area contributed by atoms with Crippen LogP contribution in [0.4, 0.5) is 0 Å². The van der Waals surface area contributed by atoms with Crippen LogP contribution in [0.15, 0.2) is 12.2 Å². The monoisotopic (exact) mass is 438 g/mol. The molecule has 1 atom stereocenters. The van der Waals surface area contributed by atoms with Crippen molar-refractivity contribution in [2.24, 2.45) is 0 Å². The van der Waals surface area contributed by atoms with Gasteiger partial charge in [0.1, 0.15) is 0 Å². The number of unbranched alkanes of at least 4 members (excludes halogenated alkanes) is 15. The Morgan fingerprint density at radius 2 is 1.03 bits per heavy atom. The zero-order valence-corrected chi connectivity index (χ0v) is 20.8. The minimum Gasteiger partial charge on any atom is -0.463 e. The molecular formula is C27H50O4. The fourth-order valence-corrected chi connectivity index (χ4v) is 3.62. The largest absolute Gasteiger partial charge is 0.463 e. The zero-order chi connectivity index (χ0) is 23.0. The number of ether oxygens (including phenoxy) is 2. The number of rotatable bonds is 22. The summed E-state index contributed by atoms with van der Waals surface area (Å²) in [5.41, 5.74) is 0. The standard InChI is InChI=1S/C27H50O4/c1-4-6-8-9-10-11-12-13-14-15-16-17-18-19-20-24-30-26(28)22-23-27(29)31-25(3)21-7-5-2/h22-23,25H,4-21,24H2,1-3H3/b23-22+. The third-order valence-corrected chi connectivity index (χ3v) is 5.63. The highest BCUT2D eigenvalue weighted by Crippen LogP contribution is 2.13. The number of hydrogen-bond acceptors (Lipinski definition) is 4. The molecule has 182 valence electrons. The lowest BCUT2D eigenvalue weighted by atomic mass is 10.0. The van der Waals surface area contributed by atoms with E-state index in [9.17, 15) is 9.59 Å². The summed E-state index contributed by atoms with van der Waals surface area (Å²) in [5, 5.41) is 0. The summed E-state index contributed by atoms with van der Waals surface area (Å²) in [6, 6.07) is 0. The second-order valence-corrected chi connectivity index (χ2v) is 8.84. The van der Waals surface area contributed by atoms with Crippen LogP contribution in [0.5, 0.6) is 0 Å². The SMILES string of the molecule is CCCCCCCCCCCCCCCCCOC(=O)/C=C/C(=O)OC(C)CCCC. The maximum absolute atomic E-state index is 11.6. The van der Waals surface area contributed by atoms with Gasteiger partial charge in [-0.2, -0.15) is 0 Å². The van der Waals surface area contributed by atoms with Crippen molar-refractivity contribution in [2.45, 2.75) is 142 Å². The van der Waals surface area contributed by atoms with E-state index < -0.39 is 11.9 Å². The van der Waals surface area contributed by atoms with E-state index in [1.807, 2.05) is 6.92 Å². The molecule has 0 heterocycles. The summed E-state index contributed by atoms with van der Waals surface area (Å²) in [6.07, 6.45) is 24.8. The second-order valence-electron chi connectivity index (χ2n) is 8.84. The number of carbonyl (C=O) groups excluding carboxylic acids is 2. The Bertz CT molecular complexity index is 445. The van der Waals surface area contributed by atoms with Gasteiger partial charge in [-0.1, -0.05) is 117 Å². The molecule has 4 heteroatoms. The van der Waals surface area contributed by atoms with Gasteiger partial charge in [0.2, 0.25) is 0 Å². The van der Waals surface area contributed by atoms with E-state index in [4.69, 9.17) is 9.47 Å². The predicted molar refractivity (Wildman–Crippen MR) is 130 cm³/mol. The van der Waals surface area contributed by atoms with Crippen molar-refractivity contribution >= 4 is 11.9 Å². The highest BCUT2D eigenvalue weighted by molar-refractivity contribution is 5.91. The van der Waals surface area contributed by atoms with E-state index >= 15 is 0 Å². The normalized spacial score (nSPS) is 12.2. The van der Waals surface area contributed by atoms with E-state index in [0.29, 0.717) is 6.61 Å². The first-order valence-electron chi connectivity index (χ1n) is 13.2. The van der Waals surface area contributed by atoms with Crippen LogP contribution >= 0.6 is 0 Å². The Labute approximate surface area is 192 Å². The summed E-state index contributed by atoms with van der Waals surface area (Å²) >= 11 is 0. The molecule has 0 aliphatic rings. The molecule has 0 spiro atoms. The van der Waals surface area contributed by atoms with Gasteiger partial charge in [0, 0.05) is 12.2 Å². The molecular weight excluding hydrogens is 388 g/mol. The second kappa shape index (κ2) is 23.3. The molecule has 1 unspecified atom stereocenters. The molecule has 0 N–H and O–H groups in total. The van der Waals surface area contributed by atoms with Gasteiger partial charge in [0.15, 0.2) is 0 Å². The summed E-state index contributed by atoms with van der Waals surface area (Å²) in [6.45, 7) is 6.66. The Morgan fingerprint density at radius 3 is 1.52 bits per heavy atom. The summed E-state index contributed by atoms with van der Waals surface area (Å²) in [7, 11) is 0. The molecule has 0 aromatic carbocycles. The Kier molecular flexibility index (Phi) is 22.4. The van der Waals surface area contributed by atoms with Gasteiger partial charge in [-0.15, -0.1) is 0 Å². The molecule has 0 radical (unpaired) electrons. The molecule has 0 amide bonds. The first kappa shape index (κ1) is 29.7. The number of carbonyl (C=O) groups is 2. The molecule has 0 saturated heterocycles. The summed E-state index contributed by atoms with van der Waals surface area (Å²) in [4.78, 5) is 23.3. The van der Waals surface area contributed by atoms with Gasteiger partial charge in [-0.25, -0.2) is 9.59 Å². The number of esters is 2. The van der Waals surface area contributed by atoms with Crippen molar-refractivity contribution in [1.82, 2.24) is 0 Å². The van der Waals surface area contributed by atoms with Crippen molar-refractivity contribution < 1.29 is 19.1 Å². The van der Waals surface area contributed by atoms with Gasteiger partial charge in [0.25, 0.3) is 0 Å². The van der Waals surface area contributed by atoms with E-state index in [2.05, 4.69) is 13.8 Å². The average molecular weight is 439 g/mol. The van der Waals surface area contributed by atoms with Gasteiger partial charge < -0.3 is 9.47 Å². The van der Waals surface area contributed by atoms with Crippen molar-refractivity contribution in [1.29, 1.82) is 0 Å². The Hall–Kier alpha value is -1.32. The molecule has 0 aliphatic heterocycles. The molecule has 0 aromatic rings. The Balaban J connectivity index is 3.39. The number of hydrogen-bond donors (Lipinski definition) is 0. The van der Waals surface area contributed by atoms with Crippen LogP contribution in [0.3, 0.4) is 0 Å². The first-order valence-corrected chi connectivity index (χ1v) is 13.2. The highest BCUT2D eigenvalue weighted by atomic mass is 16.5. The van der Waals surface area contributed by atoms with Crippen LogP contribution in [0.2, 0.25) is 0 Å². The van der Waals surface area contributed by atoms with Gasteiger partial charge in [0.05, 0.1) is 12.7 Å². The van der Waals surface area contributed by atoms with E-state index in [-0.39, 0.29) is 6.10 Å². The van der Waals surface area contributed by atoms with Gasteiger partial charge in [-0.3, -0.25) is 0 Å². The summed E-state index contributed by atoms with van der Waals surface area (Å²) < 4.78 is 10.3. The van der Waals surface area contributed by atoms with Crippen LogP contribution in [0.25, 0.3) is 0 Å². The molecule has 0 rings (SSSR count). The molecule has 0 aliphatic carbocycles. The molecule has 0 bridgehead atoms. The zero-order valence-electron chi connectivity index (χ0n) is 20.8. The predicted octanol–water partition coefficient (Wildman–Crippen LogP) is 8.08. The lowest BCUT2D eigenvalue weighted by molar-refractivity contribution is -0.143. The first-order chi connectivity index (χ1) is 15.1. The smallest absolute Gasteiger partial charge is 0.331 e. The third kappa shape index (κ3) is 23.2. The lowest BCUT2D eigenvalue weighted by Crippen LogP contribution is -2.13. The van der Waals surface area contributed by atoms with Crippen molar-refractivity contribution in [2.75, 3.05) is 6.61 Å². The maximum atomic E-state index is 11.6. The minimum atomic E-state index is -0.479. The van der Waals surface area contributed by atoms with Crippen LogP contribution in [-0.2, 0) is 19.1 Å².